The third-order valence-electron chi connectivity index (χ3n) is 4.64. The van der Waals surface area contributed by atoms with Gasteiger partial charge in [-0.15, -0.1) is 11.8 Å². The molecule has 32 heavy (non-hydrogen) atoms. The summed E-state index contributed by atoms with van der Waals surface area (Å²) in [6, 6.07) is 12.1. The molecule has 3 aromatic rings. The lowest BCUT2D eigenvalue weighted by Crippen LogP contribution is -2.21. The molecule has 3 rings (SSSR count). The number of hydrogen-bond donors (Lipinski definition) is 1. The van der Waals surface area contributed by atoms with Crippen LogP contribution < -0.4 is 14.8 Å². The van der Waals surface area contributed by atoms with Gasteiger partial charge in [0.15, 0.2) is 18.1 Å². The Morgan fingerprint density at radius 1 is 1.12 bits per heavy atom. The quantitative estimate of drug-likeness (QED) is 0.374. The van der Waals surface area contributed by atoms with E-state index in [2.05, 4.69) is 10.5 Å². The summed E-state index contributed by atoms with van der Waals surface area (Å²) >= 11 is 1.57. The summed E-state index contributed by atoms with van der Waals surface area (Å²) in [5.74, 6) is 0.427. The number of aryl methyl sites for hydroxylation is 2. The van der Waals surface area contributed by atoms with E-state index in [-0.39, 0.29) is 12.2 Å². The maximum atomic E-state index is 12.4. The van der Waals surface area contributed by atoms with Crippen LogP contribution in [0.1, 0.15) is 27.4 Å². The van der Waals surface area contributed by atoms with E-state index in [1.165, 1.54) is 13.2 Å². The molecule has 0 fully saturated rings. The normalized spacial score (nSPS) is 10.5. The summed E-state index contributed by atoms with van der Waals surface area (Å²) in [5.41, 5.74) is 2.48. The van der Waals surface area contributed by atoms with Gasteiger partial charge in [0.25, 0.3) is 5.91 Å². The maximum Gasteiger partial charge on any atom is 0.338 e. The average Bonchev–Trinajstić information content (AvgIpc) is 3.13. The highest BCUT2D eigenvalue weighted by Gasteiger charge is 2.16. The first-order valence-corrected chi connectivity index (χ1v) is 11.0. The van der Waals surface area contributed by atoms with Gasteiger partial charge in [0.2, 0.25) is 0 Å². The molecule has 0 saturated heterocycles. The highest BCUT2D eigenvalue weighted by atomic mass is 32.2. The van der Waals surface area contributed by atoms with E-state index >= 15 is 0 Å². The Morgan fingerprint density at radius 2 is 1.94 bits per heavy atom. The van der Waals surface area contributed by atoms with E-state index in [1.54, 1.807) is 30.0 Å². The minimum Gasteiger partial charge on any atom is -0.493 e. The lowest BCUT2D eigenvalue weighted by atomic mass is 10.2. The second-order valence-electron chi connectivity index (χ2n) is 6.81. The summed E-state index contributed by atoms with van der Waals surface area (Å²) in [6.45, 7) is 3.49. The number of aromatic nitrogens is 1. The predicted molar refractivity (Wildman–Crippen MR) is 120 cm³/mol. The summed E-state index contributed by atoms with van der Waals surface area (Å²) in [4.78, 5) is 25.5. The monoisotopic (exact) mass is 456 g/mol. The highest BCUT2D eigenvalue weighted by Crippen LogP contribution is 2.30. The lowest BCUT2D eigenvalue weighted by Gasteiger charge is -2.12. The number of amides is 1. The van der Waals surface area contributed by atoms with Crippen molar-refractivity contribution in [1.82, 2.24) is 5.16 Å². The number of anilines is 1. The average molecular weight is 457 g/mol. The summed E-state index contributed by atoms with van der Waals surface area (Å²) in [7, 11) is 1.48. The van der Waals surface area contributed by atoms with Gasteiger partial charge < -0.3 is 24.1 Å². The number of methoxy groups -OCH3 is 1. The van der Waals surface area contributed by atoms with E-state index in [9.17, 15) is 9.59 Å². The number of carbonyl (C=O) groups is 2. The Kier molecular flexibility index (Phi) is 7.77. The molecule has 0 atom stereocenters. The molecule has 0 aliphatic heterocycles. The van der Waals surface area contributed by atoms with E-state index in [1.807, 2.05) is 38.3 Å². The van der Waals surface area contributed by atoms with Crippen LogP contribution in [0.15, 0.2) is 51.9 Å². The van der Waals surface area contributed by atoms with Gasteiger partial charge in [0.05, 0.1) is 23.9 Å². The molecule has 0 unspecified atom stereocenters. The van der Waals surface area contributed by atoms with Crippen LogP contribution in [0.3, 0.4) is 0 Å². The fourth-order valence-corrected chi connectivity index (χ4v) is 3.34. The molecule has 1 amide bonds. The minimum atomic E-state index is -0.645. The van der Waals surface area contributed by atoms with Crippen molar-refractivity contribution >= 4 is 29.3 Å². The Morgan fingerprint density at radius 3 is 2.62 bits per heavy atom. The van der Waals surface area contributed by atoms with Crippen LogP contribution in [-0.2, 0) is 16.1 Å². The third kappa shape index (κ3) is 5.82. The second kappa shape index (κ2) is 10.7. The van der Waals surface area contributed by atoms with Crippen molar-refractivity contribution in [3.05, 3.63) is 65.0 Å². The van der Waals surface area contributed by atoms with Crippen LogP contribution >= 0.6 is 11.8 Å². The van der Waals surface area contributed by atoms with Crippen molar-refractivity contribution in [2.45, 2.75) is 25.3 Å². The smallest absolute Gasteiger partial charge is 0.338 e. The van der Waals surface area contributed by atoms with Gasteiger partial charge in [-0.1, -0.05) is 11.2 Å². The number of esters is 1. The molecule has 0 aliphatic carbocycles. The first-order valence-electron chi connectivity index (χ1n) is 9.75. The first kappa shape index (κ1) is 23.2. The number of carbonyl (C=O) groups excluding carboxylic acids is 2. The van der Waals surface area contributed by atoms with Crippen LogP contribution in [0.2, 0.25) is 0 Å². The fraction of sp³-hybridized carbons (Fsp3) is 0.261. The maximum absolute atomic E-state index is 12.4. The third-order valence-corrected chi connectivity index (χ3v) is 5.37. The molecule has 0 bridgehead atoms. The van der Waals surface area contributed by atoms with Gasteiger partial charge in [-0.2, -0.15) is 0 Å². The summed E-state index contributed by atoms with van der Waals surface area (Å²) in [5, 5.41) is 6.60. The molecule has 1 aromatic heterocycles. The van der Waals surface area contributed by atoms with Crippen LogP contribution in [0.4, 0.5) is 5.69 Å². The van der Waals surface area contributed by atoms with E-state index in [0.717, 1.165) is 16.2 Å². The Bertz CT molecular complexity index is 1090. The predicted octanol–water partition coefficient (Wildman–Crippen LogP) is 4.40. The number of hydrogen-bond acceptors (Lipinski definition) is 8. The van der Waals surface area contributed by atoms with Crippen LogP contribution in [0.25, 0.3) is 0 Å². The molecule has 2 aromatic carbocycles. The number of nitrogens with one attached hydrogen (secondary N) is 1. The molecule has 0 aliphatic rings. The van der Waals surface area contributed by atoms with Gasteiger partial charge in [0.1, 0.15) is 12.4 Å². The van der Waals surface area contributed by atoms with Crippen LogP contribution in [0, 0.1) is 13.8 Å². The standard InChI is InChI=1S/C23H24N2O6S/c1-14-19(15(2)31-25-14)12-29-20-9-8-16(10-21(20)28-3)23(27)30-13-22(26)24-17-6-5-7-18(11-17)32-4/h5-11H,12-13H2,1-4H3,(H,24,26). The van der Waals surface area contributed by atoms with Crippen molar-refractivity contribution in [3.8, 4) is 11.5 Å². The van der Waals surface area contributed by atoms with Crippen molar-refractivity contribution in [1.29, 1.82) is 0 Å². The largest absolute Gasteiger partial charge is 0.493 e. The zero-order valence-corrected chi connectivity index (χ0v) is 19.1. The molecule has 1 N–H and O–H groups in total. The Hall–Kier alpha value is -3.46. The van der Waals surface area contributed by atoms with E-state index in [0.29, 0.717) is 22.9 Å². The number of ether oxygens (including phenoxy) is 3. The molecule has 1 heterocycles. The highest BCUT2D eigenvalue weighted by molar-refractivity contribution is 7.98. The van der Waals surface area contributed by atoms with Gasteiger partial charge in [-0.25, -0.2) is 4.79 Å². The molecule has 9 heteroatoms. The molecule has 0 spiro atoms. The zero-order valence-electron chi connectivity index (χ0n) is 18.3. The Balaban J connectivity index is 1.58. The van der Waals surface area contributed by atoms with Gasteiger partial charge in [-0.05, 0) is 56.5 Å². The van der Waals surface area contributed by atoms with Gasteiger partial charge >= 0.3 is 5.97 Å². The number of benzene rings is 2. The molecule has 8 nitrogen and oxygen atoms in total. The van der Waals surface area contributed by atoms with Crippen molar-refractivity contribution < 1.29 is 28.3 Å². The molecule has 0 saturated carbocycles. The van der Waals surface area contributed by atoms with Crippen molar-refractivity contribution in [2.75, 3.05) is 25.3 Å². The van der Waals surface area contributed by atoms with Gasteiger partial charge in [0, 0.05) is 10.6 Å². The second-order valence-corrected chi connectivity index (χ2v) is 7.69. The van der Waals surface area contributed by atoms with Crippen LogP contribution in [-0.4, -0.2) is 37.0 Å². The number of thioether (sulfide) groups is 1. The summed E-state index contributed by atoms with van der Waals surface area (Å²) < 4.78 is 21.4. The number of nitrogens with zero attached hydrogens (tertiary/aromatic N) is 1. The minimum absolute atomic E-state index is 0.240. The molecule has 0 radical (unpaired) electrons. The van der Waals surface area contributed by atoms with E-state index < -0.39 is 18.5 Å². The molecule has 168 valence electrons. The zero-order chi connectivity index (χ0) is 23.1. The van der Waals surface area contributed by atoms with Crippen molar-refractivity contribution in [2.24, 2.45) is 0 Å². The topological polar surface area (TPSA) is 99.9 Å². The SMILES string of the molecule is COc1cc(C(=O)OCC(=O)Nc2cccc(SC)c2)ccc1OCc1c(C)noc1C. The van der Waals surface area contributed by atoms with E-state index in [4.69, 9.17) is 18.7 Å². The van der Waals surface area contributed by atoms with Crippen LogP contribution in [0.5, 0.6) is 11.5 Å². The number of rotatable bonds is 9. The lowest BCUT2D eigenvalue weighted by molar-refractivity contribution is -0.119. The summed E-state index contributed by atoms with van der Waals surface area (Å²) in [6.07, 6.45) is 1.95. The van der Waals surface area contributed by atoms with Crippen molar-refractivity contribution in [3.63, 3.8) is 0 Å². The molecular weight excluding hydrogens is 432 g/mol. The molecular formula is C23H24N2O6S. The Labute approximate surface area is 190 Å². The van der Waals surface area contributed by atoms with Gasteiger partial charge in [-0.3, -0.25) is 4.79 Å². The fourth-order valence-electron chi connectivity index (χ4n) is 2.88. The first-order chi connectivity index (χ1) is 15.4.